The molecule has 0 aliphatic carbocycles. The van der Waals surface area contributed by atoms with Crippen LogP contribution in [0.4, 0.5) is 0 Å². The van der Waals surface area contributed by atoms with Crippen molar-refractivity contribution in [2.75, 3.05) is 0 Å². The van der Waals surface area contributed by atoms with Gasteiger partial charge in [-0.1, -0.05) is 60.8 Å². The zero-order valence-electron chi connectivity index (χ0n) is 16.8. The predicted molar refractivity (Wildman–Crippen MR) is 125 cm³/mol. The van der Waals surface area contributed by atoms with Gasteiger partial charge in [0.05, 0.1) is 22.1 Å². The second-order valence-corrected chi connectivity index (χ2v) is 8.95. The van der Waals surface area contributed by atoms with Gasteiger partial charge in [0.25, 0.3) is 5.56 Å². The van der Waals surface area contributed by atoms with Gasteiger partial charge >= 0.3 is 5.69 Å². The number of hydrogen-bond acceptors (Lipinski definition) is 3. The molecule has 9 heteroatoms. The number of benzene rings is 2. The van der Waals surface area contributed by atoms with Crippen LogP contribution in [0.2, 0.25) is 15.1 Å². The van der Waals surface area contributed by atoms with Gasteiger partial charge in [0.2, 0.25) is 0 Å². The molecule has 0 bridgehead atoms. The van der Waals surface area contributed by atoms with E-state index >= 15 is 0 Å². The molecular formula is C22H19Cl3N4O2. The van der Waals surface area contributed by atoms with Crippen LogP contribution < -0.4 is 11.2 Å². The van der Waals surface area contributed by atoms with Gasteiger partial charge in [-0.2, -0.15) is 0 Å². The van der Waals surface area contributed by atoms with Gasteiger partial charge < -0.3 is 4.57 Å². The monoisotopic (exact) mass is 476 g/mol. The molecule has 0 aliphatic heterocycles. The van der Waals surface area contributed by atoms with Gasteiger partial charge in [-0.3, -0.25) is 9.36 Å². The van der Waals surface area contributed by atoms with E-state index < -0.39 is 5.69 Å². The first-order valence-electron chi connectivity index (χ1n) is 9.67. The summed E-state index contributed by atoms with van der Waals surface area (Å²) in [6.07, 6.45) is 1.55. The zero-order chi connectivity index (χ0) is 22.3. The van der Waals surface area contributed by atoms with Crippen LogP contribution in [-0.4, -0.2) is 18.7 Å². The van der Waals surface area contributed by atoms with Gasteiger partial charge in [0.15, 0.2) is 11.2 Å². The number of rotatable bonds is 5. The lowest BCUT2D eigenvalue weighted by Gasteiger charge is -2.14. The third kappa shape index (κ3) is 4.15. The molecule has 0 saturated carbocycles. The average Bonchev–Trinajstić information content (AvgIpc) is 3.11. The summed E-state index contributed by atoms with van der Waals surface area (Å²) in [7, 11) is 0. The zero-order valence-corrected chi connectivity index (χ0v) is 19.1. The van der Waals surface area contributed by atoms with Crippen molar-refractivity contribution in [1.82, 2.24) is 18.7 Å². The van der Waals surface area contributed by atoms with Crippen molar-refractivity contribution < 1.29 is 0 Å². The van der Waals surface area contributed by atoms with E-state index in [-0.39, 0.29) is 23.7 Å². The highest BCUT2D eigenvalue weighted by Crippen LogP contribution is 2.24. The quantitative estimate of drug-likeness (QED) is 0.406. The van der Waals surface area contributed by atoms with E-state index in [0.717, 1.165) is 5.56 Å². The average molecular weight is 478 g/mol. The maximum absolute atomic E-state index is 13.3. The van der Waals surface area contributed by atoms with Crippen molar-refractivity contribution in [1.29, 1.82) is 0 Å². The number of halogens is 3. The predicted octanol–water partition coefficient (Wildman–Crippen LogP) is 5.01. The highest BCUT2D eigenvalue weighted by molar-refractivity contribution is 6.42. The summed E-state index contributed by atoms with van der Waals surface area (Å²) >= 11 is 18.3. The van der Waals surface area contributed by atoms with Gasteiger partial charge in [0, 0.05) is 18.1 Å². The Morgan fingerprint density at radius 2 is 1.77 bits per heavy atom. The van der Waals surface area contributed by atoms with E-state index in [4.69, 9.17) is 34.8 Å². The van der Waals surface area contributed by atoms with Gasteiger partial charge in [-0.05, 0) is 41.8 Å². The summed E-state index contributed by atoms with van der Waals surface area (Å²) in [5.41, 5.74) is 1.16. The Hall–Kier alpha value is -2.54. The summed E-state index contributed by atoms with van der Waals surface area (Å²) in [6.45, 7) is 4.53. The standard InChI is InChI=1S/C22H19Cl3N4O2/c1-13(2)10-28-21(30)19-20(29(22(28)31)16-5-3-4-15(23)9-16)26-12-27(19)11-14-6-7-17(24)18(25)8-14/h3-9,12-13H,10-11H2,1-2H3. The van der Waals surface area contributed by atoms with Crippen LogP contribution in [-0.2, 0) is 13.1 Å². The lowest BCUT2D eigenvalue weighted by molar-refractivity contribution is 0.489. The number of nitrogens with zero attached hydrogens (tertiary/aromatic N) is 4. The molecule has 0 amide bonds. The van der Waals surface area contributed by atoms with Crippen LogP contribution in [0.1, 0.15) is 19.4 Å². The largest absolute Gasteiger partial charge is 0.337 e. The Bertz CT molecular complexity index is 1400. The second-order valence-electron chi connectivity index (χ2n) is 7.70. The van der Waals surface area contributed by atoms with Crippen LogP contribution in [0.25, 0.3) is 16.9 Å². The van der Waals surface area contributed by atoms with Crippen molar-refractivity contribution in [3.63, 3.8) is 0 Å². The van der Waals surface area contributed by atoms with E-state index in [9.17, 15) is 9.59 Å². The van der Waals surface area contributed by atoms with Crippen molar-refractivity contribution in [3.05, 3.63) is 90.3 Å². The van der Waals surface area contributed by atoms with Crippen LogP contribution in [0.5, 0.6) is 0 Å². The number of aromatic nitrogens is 4. The topological polar surface area (TPSA) is 61.8 Å². The molecule has 2 aromatic carbocycles. The SMILES string of the molecule is CC(C)Cn1c(=O)c2c(ncn2Cc2ccc(Cl)c(Cl)c2)n(-c2cccc(Cl)c2)c1=O. The molecule has 0 radical (unpaired) electrons. The molecule has 4 aromatic rings. The molecular weight excluding hydrogens is 459 g/mol. The first-order chi connectivity index (χ1) is 14.8. The molecule has 0 saturated heterocycles. The lowest BCUT2D eigenvalue weighted by Crippen LogP contribution is -2.41. The summed E-state index contributed by atoms with van der Waals surface area (Å²) in [5, 5.41) is 1.36. The molecule has 0 N–H and O–H groups in total. The third-order valence-corrected chi connectivity index (χ3v) is 5.83. The lowest BCUT2D eigenvalue weighted by atomic mass is 10.2. The molecule has 0 fully saturated rings. The molecule has 4 rings (SSSR count). The second kappa shape index (κ2) is 8.54. The van der Waals surface area contributed by atoms with Crippen LogP contribution in [0, 0.1) is 5.92 Å². The number of hydrogen-bond donors (Lipinski definition) is 0. The maximum Gasteiger partial charge on any atom is 0.337 e. The molecule has 2 heterocycles. The Labute approximate surface area is 193 Å². The highest BCUT2D eigenvalue weighted by atomic mass is 35.5. The van der Waals surface area contributed by atoms with E-state index in [2.05, 4.69) is 4.98 Å². The first kappa shape index (κ1) is 21.7. The smallest absolute Gasteiger partial charge is 0.320 e. The first-order valence-corrected chi connectivity index (χ1v) is 10.8. The Balaban J connectivity index is 1.98. The molecule has 0 spiro atoms. The molecule has 0 aliphatic rings. The fourth-order valence-electron chi connectivity index (χ4n) is 3.51. The summed E-state index contributed by atoms with van der Waals surface area (Å²) < 4.78 is 4.39. The fourth-order valence-corrected chi connectivity index (χ4v) is 4.01. The molecule has 31 heavy (non-hydrogen) atoms. The van der Waals surface area contributed by atoms with Crippen LogP contribution >= 0.6 is 34.8 Å². The van der Waals surface area contributed by atoms with Crippen LogP contribution in [0.3, 0.4) is 0 Å². The minimum absolute atomic E-state index is 0.0992. The Morgan fingerprint density at radius 3 is 2.45 bits per heavy atom. The van der Waals surface area contributed by atoms with Crippen molar-refractivity contribution in [2.45, 2.75) is 26.9 Å². The summed E-state index contributed by atoms with van der Waals surface area (Å²) in [6, 6.07) is 12.2. The fraction of sp³-hybridized carbons (Fsp3) is 0.227. The van der Waals surface area contributed by atoms with E-state index in [1.807, 2.05) is 19.9 Å². The van der Waals surface area contributed by atoms with Crippen LogP contribution in [0.15, 0.2) is 58.4 Å². The number of fused-ring (bicyclic) bond motifs is 1. The van der Waals surface area contributed by atoms with Crippen molar-refractivity contribution in [2.24, 2.45) is 5.92 Å². The normalized spacial score (nSPS) is 11.5. The van der Waals surface area contributed by atoms with E-state index in [0.29, 0.717) is 32.8 Å². The van der Waals surface area contributed by atoms with Gasteiger partial charge in [-0.15, -0.1) is 0 Å². The molecule has 6 nitrogen and oxygen atoms in total. The molecule has 0 unspecified atom stereocenters. The van der Waals surface area contributed by atoms with Gasteiger partial charge in [0.1, 0.15) is 0 Å². The molecule has 2 aromatic heterocycles. The highest BCUT2D eigenvalue weighted by Gasteiger charge is 2.20. The van der Waals surface area contributed by atoms with Crippen molar-refractivity contribution >= 4 is 46.0 Å². The van der Waals surface area contributed by atoms with Gasteiger partial charge in [-0.25, -0.2) is 14.3 Å². The van der Waals surface area contributed by atoms with E-state index in [1.54, 1.807) is 47.3 Å². The maximum atomic E-state index is 13.3. The molecule has 160 valence electrons. The van der Waals surface area contributed by atoms with Crippen molar-refractivity contribution in [3.8, 4) is 5.69 Å². The third-order valence-electron chi connectivity index (χ3n) is 4.85. The minimum Gasteiger partial charge on any atom is -0.320 e. The molecule has 0 atom stereocenters. The van der Waals surface area contributed by atoms with E-state index in [1.165, 1.54) is 9.13 Å². The Kier molecular flexibility index (Phi) is 5.97. The minimum atomic E-state index is -0.451. The number of imidazole rings is 1. The summed E-state index contributed by atoms with van der Waals surface area (Å²) in [4.78, 5) is 31.1. The summed E-state index contributed by atoms with van der Waals surface area (Å²) in [5.74, 6) is 0.0992. The Morgan fingerprint density at radius 1 is 1.00 bits per heavy atom.